The van der Waals surface area contributed by atoms with E-state index >= 15 is 0 Å². The molecule has 0 spiro atoms. The highest BCUT2D eigenvalue weighted by Gasteiger charge is 2.32. The maximum atomic E-state index is 12.5. The Balaban J connectivity index is 1.77. The first-order chi connectivity index (χ1) is 11.2. The second-order valence-electron chi connectivity index (χ2n) is 6.20. The van der Waals surface area contributed by atoms with Crippen LogP contribution in [0.1, 0.15) is 28.8 Å². The fourth-order valence-corrected chi connectivity index (χ4v) is 2.77. The molecule has 1 amide bonds. The summed E-state index contributed by atoms with van der Waals surface area (Å²) >= 11 is 0. The van der Waals surface area contributed by atoms with Gasteiger partial charge in [-0.3, -0.25) is 9.78 Å². The number of aromatic nitrogens is 1. The lowest BCUT2D eigenvalue weighted by Crippen LogP contribution is -2.39. The lowest BCUT2D eigenvalue weighted by Gasteiger charge is -2.17. The molecule has 0 saturated heterocycles. The Morgan fingerprint density at radius 2 is 2.13 bits per heavy atom. The van der Waals surface area contributed by atoms with Crippen LogP contribution in [0.25, 0.3) is 11.1 Å². The molecule has 0 bridgehead atoms. The monoisotopic (exact) mass is 310 g/mol. The van der Waals surface area contributed by atoms with Crippen molar-refractivity contribution in [2.45, 2.75) is 25.8 Å². The minimum absolute atomic E-state index is 0.0825. The molecule has 2 aromatic rings. The molecular formula is C19H22N2O2. The second kappa shape index (κ2) is 6.92. The molecule has 3 rings (SSSR count). The summed E-state index contributed by atoms with van der Waals surface area (Å²) in [6.07, 6.45) is 5.73. The van der Waals surface area contributed by atoms with E-state index in [1.165, 1.54) is 5.56 Å². The summed E-state index contributed by atoms with van der Waals surface area (Å²) in [6, 6.07) is 10.2. The standard InChI is InChI=1S/C19H22N2O2/c1-13-4-3-5-15(8-13)16-9-17(11-20-10-16)19(22)21-18(12-23-2)14-6-7-14/h3-5,8-11,14,18H,6-7,12H2,1-2H3,(H,21,22). The SMILES string of the molecule is COCC(NC(=O)c1cncc(-c2cccc(C)c2)c1)C1CC1. The van der Waals surface area contributed by atoms with Gasteiger partial charge in [0.15, 0.2) is 0 Å². The van der Waals surface area contributed by atoms with Gasteiger partial charge in [-0.2, -0.15) is 0 Å². The first-order valence-electron chi connectivity index (χ1n) is 7.99. The van der Waals surface area contributed by atoms with Gasteiger partial charge in [0.1, 0.15) is 0 Å². The number of nitrogens with one attached hydrogen (secondary N) is 1. The molecule has 1 unspecified atom stereocenters. The van der Waals surface area contributed by atoms with Gasteiger partial charge < -0.3 is 10.1 Å². The number of aryl methyl sites for hydroxylation is 1. The fraction of sp³-hybridized carbons (Fsp3) is 0.368. The fourth-order valence-electron chi connectivity index (χ4n) is 2.77. The summed E-state index contributed by atoms with van der Waals surface area (Å²) in [5, 5.41) is 3.08. The molecule has 1 N–H and O–H groups in total. The predicted molar refractivity (Wildman–Crippen MR) is 90.3 cm³/mol. The summed E-state index contributed by atoms with van der Waals surface area (Å²) in [4.78, 5) is 16.7. The summed E-state index contributed by atoms with van der Waals surface area (Å²) in [5.74, 6) is 0.466. The van der Waals surface area contributed by atoms with E-state index in [0.29, 0.717) is 18.1 Å². The zero-order chi connectivity index (χ0) is 16.2. The highest BCUT2D eigenvalue weighted by molar-refractivity contribution is 5.95. The number of hydrogen-bond acceptors (Lipinski definition) is 3. The number of hydrogen-bond donors (Lipinski definition) is 1. The topological polar surface area (TPSA) is 51.2 Å². The van der Waals surface area contributed by atoms with E-state index in [2.05, 4.69) is 29.4 Å². The maximum Gasteiger partial charge on any atom is 0.253 e. The van der Waals surface area contributed by atoms with E-state index < -0.39 is 0 Å². The molecule has 1 fully saturated rings. The van der Waals surface area contributed by atoms with E-state index in [0.717, 1.165) is 24.0 Å². The zero-order valence-corrected chi connectivity index (χ0v) is 13.6. The number of rotatable bonds is 6. The molecule has 1 aliphatic carbocycles. The molecule has 4 nitrogen and oxygen atoms in total. The molecule has 0 aliphatic heterocycles. The largest absolute Gasteiger partial charge is 0.383 e. The number of amides is 1. The summed E-state index contributed by atoms with van der Waals surface area (Å²) in [7, 11) is 1.67. The van der Waals surface area contributed by atoms with Crippen molar-refractivity contribution in [1.29, 1.82) is 0 Å². The van der Waals surface area contributed by atoms with E-state index in [-0.39, 0.29) is 11.9 Å². The van der Waals surface area contributed by atoms with Crippen LogP contribution in [-0.4, -0.2) is 30.6 Å². The number of benzene rings is 1. The van der Waals surface area contributed by atoms with Crippen molar-refractivity contribution in [1.82, 2.24) is 10.3 Å². The number of methoxy groups -OCH3 is 1. The Labute approximate surface area is 136 Å². The summed E-state index contributed by atoms with van der Waals surface area (Å²) in [5.41, 5.74) is 3.80. The van der Waals surface area contributed by atoms with Crippen LogP contribution >= 0.6 is 0 Å². The molecule has 1 aromatic carbocycles. The van der Waals surface area contributed by atoms with Gasteiger partial charge in [-0.25, -0.2) is 0 Å². The van der Waals surface area contributed by atoms with Crippen LogP contribution in [0, 0.1) is 12.8 Å². The van der Waals surface area contributed by atoms with Gasteiger partial charge in [-0.05, 0) is 37.3 Å². The van der Waals surface area contributed by atoms with Gasteiger partial charge in [0.05, 0.1) is 18.2 Å². The zero-order valence-electron chi connectivity index (χ0n) is 13.6. The van der Waals surface area contributed by atoms with E-state index in [1.54, 1.807) is 19.5 Å². The Morgan fingerprint density at radius 3 is 2.83 bits per heavy atom. The van der Waals surface area contributed by atoms with E-state index in [9.17, 15) is 4.79 Å². The maximum absolute atomic E-state index is 12.5. The predicted octanol–water partition coefficient (Wildman–Crippen LogP) is 3.21. The molecule has 23 heavy (non-hydrogen) atoms. The minimum Gasteiger partial charge on any atom is -0.383 e. The number of carbonyl (C=O) groups is 1. The summed E-state index contributed by atoms with van der Waals surface area (Å²) in [6.45, 7) is 2.61. The Bertz CT molecular complexity index is 695. The van der Waals surface area contributed by atoms with Crippen LogP contribution in [0.2, 0.25) is 0 Å². The van der Waals surface area contributed by atoms with Crippen molar-refractivity contribution in [3.05, 3.63) is 53.9 Å². The lowest BCUT2D eigenvalue weighted by molar-refractivity contribution is 0.0884. The van der Waals surface area contributed by atoms with Crippen molar-refractivity contribution >= 4 is 5.91 Å². The first-order valence-corrected chi connectivity index (χ1v) is 7.99. The van der Waals surface area contributed by atoms with Gasteiger partial charge in [0, 0.05) is 25.1 Å². The molecule has 1 heterocycles. The molecular weight excluding hydrogens is 288 g/mol. The molecule has 1 atom stereocenters. The van der Waals surface area contributed by atoms with Crippen molar-refractivity contribution in [3.8, 4) is 11.1 Å². The number of pyridine rings is 1. The van der Waals surface area contributed by atoms with Crippen LogP contribution in [-0.2, 0) is 4.74 Å². The Morgan fingerprint density at radius 1 is 1.30 bits per heavy atom. The summed E-state index contributed by atoms with van der Waals surface area (Å²) < 4.78 is 5.22. The van der Waals surface area contributed by atoms with Crippen molar-refractivity contribution in [2.75, 3.05) is 13.7 Å². The molecule has 1 aliphatic rings. The molecule has 0 radical (unpaired) electrons. The highest BCUT2D eigenvalue weighted by atomic mass is 16.5. The second-order valence-corrected chi connectivity index (χ2v) is 6.20. The third-order valence-corrected chi connectivity index (χ3v) is 4.21. The van der Waals surface area contributed by atoms with Crippen LogP contribution < -0.4 is 5.32 Å². The molecule has 1 saturated carbocycles. The van der Waals surface area contributed by atoms with Crippen LogP contribution in [0.15, 0.2) is 42.7 Å². The molecule has 4 heteroatoms. The number of ether oxygens (including phenoxy) is 1. The van der Waals surface area contributed by atoms with E-state index in [4.69, 9.17) is 4.74 Å². The van der Waals surface area contributed by atoms with Gasteiger partial charge in [-0.15, -0.1) is 0 Å². The average Bonchev–Trinajstić information content (AvgIpc) is 3.39. The molecule has 120 valence electrons. The van der Waals surface area contributed by atoms with Crippen LogP contribution in [0.4, 0.5) is 0 Å². The third-order valence-electron chi connectivity index (χ3n) is 4.21. The van der Waals surface area contributed by atoms with Gasteiger partial charge in [0.25, 0.3) is 5.91 Å². The van der Waals surface area contributed by atoms with Crippen molar-refractivity contribution in [2.24, 2.45) is 5.92 Å². The Kier molecular flexibility index (Phi) is 4.72. The minimum atomic E-state index is -0.0825. The average molecular weight is 310 g/mol. The van der Waals surface area contributed by atoms with Crippen LogP contribution in [0.3, 0.4) is 0 Å². The first kappa shape index (κ1) is 15.7. The van der Waals surface area contributed by atoms with Gasteiger partial charge in [-0.1, -0.05) is 29.8 Å². The third kappa shape index (κ3) is 3.96. The Hall–Kier alpha value is -2.20. The molecule has 1 aromatic heterocycles. The quantitative estimate of drug-likeness (QED) is 0.891. The normalized spacial score (nSPS) is 15.2. The van der Waals surface area contributed by atoms with Crippen LogP contribution in [0.5, 0.6) is 0 Å². The lowest BCUT2D eigenvalue weighted by atomic mass is 10.0. The van der Waals surface area contributed by atoms with Gasteiger partial charge >= 0.3 is 0 Å². The van der Waals surface area contributed by atoms with Crippen molar-refractivity contribution < 1.29 is 9.53 Å². The number of carbonyl (C=O) groups excluding carboxylic acids is 1. The van der Waals surface area contributed by atoms with Gasteiger partial charge in [0.2, 0.25) is 0 Å². The van der Waals surface area contributed by atoms with Crippen molar-refractivity contribution in [3.63, 3.8) is 0 Å². The smallest absolute Gasteiger partial charge is 0.253 e. The highest BCUT2D eigenvalue weighted by Crippen LogP contribution is 2.33. The van der Waals surface area contributed by atoms with E-state index in [1.807, 2.05) is 18.2 Å². The number of nitrogens with zero attached hydrogens (tertiary/aromatic N) is 1.